The first-order valence-electron chi connectivity index (χ1n) is 7.61. The maximum Gasteiger partial charge on any atom is 0.294 e. The van der Waals surface area contributed by atoms with Crippen LogP contribution in [-0.2, 0) is 6.42 Å². The topological polar surface area (TPSA) is 70.1 Å². The number of amides is 1. The summed E-state index contributed by atoms with van der Waals surface area (Å²) < 4.78 is 5.22. The van der Waals surface area contributed by atoms with Gasteiger partial charge in [-0.2, -0.15) is 5.26 Å². The van der Waals surface area contributed by atoms with Gasteiger partial charge < -0.3 is 9.32 Å². The van der Waals surface area contributed by atoms with Crippen molar-refractivity contribution < 1.29 is 9.21 Å². The lowest BCUT2D eigenvalue weighted by Crippen LogP contribution is -2.28. The number of hydrogen-bond acceptors (Lipinski definition) is 4. The highest BCUT2D eigenvalue weighted by Crippen LogP contribution is 2.36. The molecule has 0 aliphatic carbocycles. The number of rotatable bonds is 2. The summed E-state index contributed by atoms with van der Waals surface area (Å²) in [5, 5.41) is 8.92. The van der Waals surface area contributed by atoms with Crippen molar-refractivity contribution in [1.29, 1.82) is 5.26 Å². The van der Waals surface area contributed by atoms with Crippen LogP contribution in [0.2, 0.25) is 0 Å². The summed E-state index contributed by atoms with van der Waals surface area (Å²) in [5.74, 6) is 0.171. The molecular weight excluding hydrogens is 302 g/mol. The number of anilines is 1. The largest absolute Gasteiger partial charge is 0.459 e. The van der Waals surface area contributed by atoms with Crippen LogP contribution in [0, 0.1) is 11.3 Å². The number of pyridine rings is 1. The smallest absolute Gasteiger partial charge is 0.294 e. The molecule has 0 atom stereocenters. The van der Waals surface area contributed by atoms with Gasteiger partial charge in [-0.1, -0.05) is 12.1 Å². The van der Waals surface area contributed by atoms with E-state index in [1.807, 2.05) is 12.1 Å². The molecule has 5 nitrogen and oxygen atoms in total. The maximum atomic E-state index is 12.6. The molecule has 1 aromatic carbocycles. The van der Waals surface area contributed by atoms with Crippen molar-refractivity contribution in [3.05, 3.63) is 71.9 Å². The highest BCUT2D eigenvalue weighted by Gasteiger charge is 2.29. The van der Waals surface area contributed by atoms with Gasteiger partial charge in [0.15, 0.2) is 5.76 Å². The van der Waals surface area contributed by atoms with E-state index < -0.39 is 0 Å². The van der Waals surface area contributed by atoms with E-state index >= 15 is 0 Å². The third-order valence-corrected chi connectivity index (χ3v) is 4.21. The zero-order chi connectivity index (χ0) is 16.5. The Morgan fingerprint density at radius 2 is 2.04 bits per heavy atom. The number of fused-ring (bicyclic) bond motifs is 1. The van der Waals surface area contributed by atoms with E-state index in [0.717, 1.165) is 28.8 Å². The fourth-order valence-corrected chi connectivity index (χ4v) is 3.03. The minimum atomic E-state index is -0.155. The zero-order valence-corrected chi connectivity index (χ0v) is 12.8. The lowest BCUT2D eigenvalue weighted by molar-refractivity contribution is 0.0962. The van der Waals surface area contributed by atoms with E-state index in [1.165, 1.54) is 6.26 Å². The summed E-state index contributed by atoms with van der Waals surface area (Å²) in [4.78, 5) is 18.6. The molecule has 0 saturated heterocycles. The molecule has 4 rings (SSSR count). The van der Waals surface area contributed by atoms with E-state index in [9.17, 15) is 4.79 Å². The Bertz CT molecular complexity index is 938. The van der Waals surface area contributed by atoms with Crippen molar-refractivity contribution in [2.75, 3.05) is 11.4 Å². The van der Waals surface area contributed by atoms with Gasteiger partial charge in [0.25, 0.3) is 5.91 Å². The molecule has 1 aliphatic heterocycles. The van der Waals surface area contributed by atoms with Crippen molar-refractivity contribution >= 4 is 11.6 Å². The summed E-state index contributed by atoms with van der Waals surface area (Å²) in [6.07, 6.45) is 5.78. The van der Waals surface area contributed by atoms with Crippen LogP contribution in [-0.4, -0.2) is 17.4 Å². The Morgan fingerprint density at radius 3 is 2.75 bits per heavy atom. The third kappa shape index (κ3) is 2.25. The van der Waals surface area contributed by atoms with Crippen molar-refractivity contribution in [3.8, 4) is 17.2 Å². The van der Waals surface area contributed by atoms with Gasteiger partial charge >= 0.3 is 0 Å². The molecule has 0 N–H and O–H groups in total. The number of carbonyl (C=O) groups is 1. The van der Waals surface area contributed by atoms with Crippen LogP contribution in [0.4, 0.5) is 5.69 Å². The number of aromatic nitrogens is 1. The predicted octanol–water partition coefficient (Wildman–Crippen LogP) is 3.42. The number of furan rings is 1. The second-order valence-corrected chi connectivity index (χ2v) is 5.56. The van der Waals surface area contributed by atoms with E-state index in [2.05, 4.69) is 11.1 Å². The Kier molecular flexibility index (Phi) is 3.36. The van der Waals surface area contributed by atoms with Gasteiger partial charge in [0.1, 0.15) is 0 Å². The number of hydrogen-bond donors (Lipinski definition) is 0. The number of nitriles is 1. The Balaban J connectivity index is 1.73. The number of carbonyl (C=O) groups excluding carboxylic acids is 1. The van der Waals surface area contributed by atoms with Crippen molar-refractivity contribution in [1.82, 2.24) is 4.98 Å². The second kappa shape index (κ2) is 5.67. The molecular formula is C19H13N3O2. The van der Waals surface area contributed by atoms with Crippen LogP contribution in [0.5, 0.6) is 0 Å². The monoisotopic (exact) mass is 315 g/mol. The average Bonchev–Trinajstić information content (AvgIpc) is 3.31. The molecule has 24 heavy (non-hydrogen) atoms. The average molecular weight is 315 g/mol. The molecule has 0 bridgehead atoms. The first kappa shape index (κ1) is 14.2. The van der Waals surface area contributed by atoms with Gasteiger partial charge in [-0.05, 0) is 41.8 Å². The fraction of sp³-hybridized carbons (Fsp3) is 0.105. The second-order valence-electron chi connectivity index (χ2n) is 5.56. The summed E-state index contributed by atoms with van der Waals surface area (Å²) in [7, 11) is 0. The van der Waals surface area contributed by atoms with Gasteiger partial charge in [0.05, 0.1) is 29.8 Å². The molecule has 1 amide bonds. The van der Waals surface area contributed by atoms with Gasteiger partial charge in [-0.15, -0.1) is 0 Å². The van der Waals surface area contributed by atoms with Crippen LogP contribution in [0.15, 0.2) is 59.5 Å². The first-order chi connectivity index (χ1) is 11.8. The van der Waals surface area contributed by atoms with Gasteiger partial charge in [0.2, 0.25) is 0 Å². The fourth-order valence-electron chi connectivity index (χ4n) is 3.03. The number of nitrogens with zero attached hydrogens (tertiary/aromatic N) is 3. The highest BCUT2D eigenvalue weighted by molar-refractivity contribution is 6.06. The molecule has 0 spiro atoms. The Morgan fingerprint density at radius 1 is 1.21 bits per heavy atom. The Labute approximate surface area is 138 Å². The van der Waals surface area contributed by atoms with Crippen LogP contribution in [0.25, 0.3) is 11.1 Å². The van der Waals surface area contributed by atoms with E-state index in [4.69, 9.17) is 9.68 Å². The van der Waals surface area contributed by atoms with Crippen molar-refractivity contribution in [2.45, 2.75) is 6.42 Å². The summed E-state index contributed by atoms with van der Waals surface area (Å²) in [5.41, 5.74) is 4.51. The molecule has 0 fully saturated rings. The zero-order valence-electron chi connectivity index (χ0n) is 12.8. The van der Waals surface area contributed by atoms with E-state index in [-0.39, 0.29) is 5.91 Å². The molecule has 1 aliphatic rings. The van der Waals surface area contributed by atoms with Crippen molar-refractivity contribution in [2.24, 2.45) is 0 Å². The number of benzene rings is 1. The van der Waals surface area contributed by atoms with Gasteiger partial charge in [-0.3, -0.25) is 9.78 Å². The first-order valence-corrected chi connectivity index (χ1v) is 7.61. The molecule has 0 radical (unpaired) electrons. The molecule has 2 aromatic heterocycles. The molecule has 3 heterocycles. The lowest BCUT2D eigenvalue weighted by atomic mass is 9.99. The highest BCUT2D eigenvalue weighted by atomic mass is 16.3. The molecule has 5 heteroatoms. The van der Waals surface area contributed by atoms with Crippen LogP contribution >= 0.6 is 0 Å². The van der Waals surface area contributed by atoms with E-state index in [0.29, 0.717) is 17.9 Å². The lowest BCUT2D eigenvalue weighted by Gasteiger charge is -2.16. The van der Waals surface area contributed by atoms with Crippen LogP contribution < -0.4 is 4.90 Å². The standard InChI is InChI=1S/C19H13N3O2/c20-10-13-3-5-14(6-4-13)16-11-21-12-17-15(16)7-8-22(17)19(23)18-2-1-9-24-18/h1-6,9,11-12H,7-8H2. The third-order valence-electron chi connectivity index (χ3n) is 4.21. The molecule has 116 valence electrons. The van der Waals surface area contributed by atoms with Gasteiger partial charge in [-0.25, -0.2) is 0 Å². The SMILES string of the molecule is N#Cc1ccc(-c2cncc3c2CCN3C(=O)c2ccco2)cc1. The summed E-state index contributed by atoms with van der Waals surface area (Å²) in [6, 6.07) is 12.9. The minimum absolute atomic E-state index is 0.155. The van der Waals surface area contributed by atoms with E-state index in [1.54, 1.807) is 41.6 Å². The summed E-state index contributed by atoms with van der Waals surface area (Å²) in [6.45, 7) is 0.601. The predicted molar refractivity (Wildman–Crippen MR) is 88.5 cm³/mol. The maximum absolute atomic E-state index is 12.6. The quantitative estimate of drug-likeness (QED) is 0.726. The normalized spacial score (nSPS) is 12.7. The molecule has 0 saturated carbocycles. The summed E-state index contributed by atoms with van der Waals surface area (Å²) >= 11 is 0. The minimum Gasteiger partial charge on any atom is -0.459 e. The molecule has 0 unspecified atom stereocenters. The van der Waals surface area contributed by atoms with Crippen LogP contribution in [0.3, 0.4) is 0 Å². The van der Waals surface area contributed by atoms with Gasteiger partial charge in [0, 0.05) is 18.3 Å². The Hall–Kier alpha value is -3.39. The van der Waals surface area contributed by atoms with Crippen LogP contribution in [0.1, 0.15) is 21.7 Å². The van der Waals surface area contributed by atoms with Crippen molar-refractivity contribution in [3.63, 3.8) is 0 Å². The molecule has 3 aromatic rings.